The minimum atomic E-state index is -0.607. The molecule has 0 aliphatic heterocycles. The molecule has 0 aliphatic rings. The van der Waals surface area contributed by atoms with Crippen molar-refractivity contribution in [3.8, 4) is 0 Å². The summed E-state index contributed by atoms with van der Waals surface area (Å²) in [6.45, 7) is 1.65. The number of ether oxygens (including phenoxy) is 1. The number of carbonyl (C=O) groups is 2. The number of aryl methyl sites for hydroxylation is 1. The van der Waals surface area contributed by atoms with Gasteiger partial charge in [-0.05, 0) is 12.5 Å². The van der Waals surface area contributed by atoms with Crippen LogP contribution < -0.4 is 5.32 Å². The standard InChI is InChI=1S/C12H13IN2O5/c1-7-4-3-5-9(15(18)19)10(7)11(16)14-6-8(13)12(17)20-2/h3-5,8H,6H2,1-2H3,(H,14,16). The van der Waals surface area contributed by atoms with Gasteiger partial charge in [-0.15, -0.1) is 0 Å². The number of nitrogens with zero attached hydrogens (tertiary/aromatic N) is 1. The lowest BCUT2D eigenvalue weighted by atomic mass is 10.1. The van der Waals surface area contributed by atoms with E-state index in [9.17, 15) is 19.7 Å². The Morgan fingerprint density at radius 3 is 2.70 bits per heavy atom. The second kappa shape index (κ2) is 7.17. The zero-order chi connectivity index (χ0) is 15.3. The van der Waals surface area contributed by atoms with Gasteiger partial charge in [0.1, 0.15) is 9.49 Å². The predicted octanol–water partition coefficient (Wildman–Crippen LogP) is 1.61. The lowest BCUT2D eigenvalue weighted by Gasteiger charge is -2.10. The minimum Gasteiger partial charge on any atom is -0.468 e. The van der Waals surface area contributed by atoms with Crippen LogP contribution in [0.1, 0.15) is 15.9 Å². The summed E-state index contributed by atoms with van der Waals surface area (Å²) in [5.41, 5.74) is 0.247. The number of nitrogens with one attached hydrogen (secondary N) is 1. The highest BCUT2D eigenvalue weighted by Crippen LogP contribution is 2.21. The Bertz CT molecular complexity index is 547. The van der Waals surface area contributed by atoms with Gasteiger partial charge >= 0.3 is 5.97 Å². The zero-order valence-electron chi connectivity index (χ0n) is 10.9. The van der Waals surface area contributed by atoms with Gasteiger partial charge in [-0.3, -0.25) is 19.7 Å². The first-order chi connectivity index (χ1) is 9.38. The van der Waals surface area contributed by atoms with Gasteiger partial charge in [0, 0.05) is 12.6 Å². The van der Waals surface area contributed by atoms with Crippen molar-refractivity contribution in [2.45, 2.75) is 10.8 Å². The Morgan fingerprint density at radius 2 is 2.15 bits per heavy atom. The molecular weight excluding hydrogens is 379 g/mol. The molecule has 0 aliphatic carbocycles. The molecule has 1 unspecified atom stereocenters. The molecule has 1 aromatic carbocycles. The highest BCUT2D eigenvalue weighted by Gasteiger charge is 2.23. The molecule has 108 valence electrons. The molecule has 0 saturated heterocycles. The Kier molecular flexibility index (Phi) is 5.86. The number of amides is 1. The molecule has 0 fully saturated rings. The van der Waals surface area contributed by atoms with Gasteiger partial charge in [-0.1, -0.05) is 34.7 Å². The van der Waals surface area contributed by atoms with Crippen molar-refractivity contribution in [3.63, 3.8) is 0 Å². The maximum absolute atomic E-state index is 12.0. The van der Waals surface area contributed by atoms with Crippen LogP contribution in [0.4, 0.5) is 5.69 Å². The van der Waals surface area contributed by atoms with Crippen molar-refractivity contribution in [3.05, 3.63) is 39.4 Å². The van der Waals surface area contributed by atoms with Crippen LogP contribution >= 0.6 is 22.6 Å². The summed E-state index contributed by atoms with van der Waals surface area (Å²) in [5.74, 6) is -1.05. The summed E-state index contributed by atoms with van der Waals surface area (Å²) >= 11 is 1.83. The van der Waals surface area contributed by atoms with Crippen LogP contribution in [0.3, 0.4) is 0 Å². The number of alkyl halides is 1. The highest BCUT2D eigenvalue weighted by atomic mass is 127. The summed E-state index contributed by atoms with van der Waals surface area (Å²) in [4.78, 5) is 33.6. The van der Waals surface area contributed by atoms with E-state index in [0.717, 1.165) is 0 Å². The average Bonchev–Trinajstić information content (AvgIpc) is 2.42. The Morgan fingerprint density at radius 1 is 1.50 bits per heavy atom. The van der Waals surface area contributed by atoms with E-state index >= 15 is 0 Å². The number of rotatable bonds is 5. The molecule has 0 heterocycles. The normalized spacial score (nSPS) is 11.6. The van der Waals surface area contributed by atoms with Crippen LogP contribution in [-0.2, 0) is 9.53 Å². The van der Waals surface area contributed by atoms with Crippen LogP contribution in [0.25, 0.3) is 0 Å². The van der Waals surface area contributed by atoms with Crippen molar-refractivity contribution in [1.82, 2.24) is 5.32 Å². The van der Waals surface area contributed by atoms with E-state index in [1.54, 1.807) is 13.0 Å². The topological polar surface area (TPSA) is 98.5 Å². The minimum absolute atomic E-state index is 0.00552. The van der Waals surface area contributed by atoms with Crippen molar-refractivity contribution in [2.24, 2.45) is 0 Å². The molecular formula is C12H13IN2O5. The van der Waals surface area contributed by atoms with Crippen molar-refractivity contribution in [1.29, 1.82) is 0 Å². The van der Waals surface area contributed by atoms with Crippen LogP contribution in [0.5, 0.6) is 0 Å². The third-order valence-electron chi connectivity index (χ3n) is 2.57. The molecule has 1 aromatic rings. The van der Waals surface area contributed by atoms with Gasteiger partial charge in [0.05, 0.1) is 12.0 Å². The first-order valence-corrected chi connectivity index (χ1v) is 6.87. The lowest BCUT2D eigenvalue weighted by molar-refractivity contribution is -0.385. The number of nitro groups is 1. The Balaban J connectivity index is 2.88. The second-order valence-electron chi connectivity index (χ2n) is 3.93. The number of halogens is 1. The third-order valence-corrected chi connectivity index (χ3v) is 3.52. The van der Waals surface area contributed by atoms with Crippen LogP contribution in [-0.4, -0.2) is 34.4 Å². The second-order valence-corrected chi connectivity index (χ2v) is 5.43. The van der Waals surface area contributed by atoms with Crippen LogP contribution in [0.2, 0.25) is 0 Å². The van der Waals surface area contributed by atoms with Crippen molar-refractivity contribution in [2.75, 3.05) is 13.7 Å². The Hall–Kier alpha value is -1.71. The number of hydrogen-bond donors (Lipinski definition) is 1. The molecule has 0 saturated carbocycles. The van der Waals surface area contributed by atoms with E-state index in [1.807, 2.05) is 22.6 Å². The molecule has 20 heavy (non-hydrogen) atoms. The van der Waals surface area contributed by atoms with E-state index in [2.05, 4.69) is 10.1 Å². The van der Waals surface area contributed by atoms with Gasteiger partial charge in [0.25, 0.3) is 11.6 Å². The highest BCUT2D eigenvalue weighted by molar-refractivity contribution is 14.1. The smallest absolute Gasteiger partial charge is 0.320 e. The fraction of sp³-hybridized carbons (Fsp3) is 0.333. The van der Waals surface area contributed by atoms with Gasteiger partial charge < -0.3 is 10.1 Å². The number of carbonyl (C=O) groups excluding carboxylic acids is 2. The summed E-state index contributed by atoms with van der Waals surface area (Å²) < 4.78 is 3.98. The first-order valence-electron chi connectivity index (χ1n) is 5.62. The molecule has 8 heteroatoms. The SMILES string of the molecule is COC(=O)C(I)CNC(=O)c1c(C)cccc1[N+](=O)[O-]. The molecule has 7 nitrogen and oxygen atoms in total. The number of nitro benzene ring substituents is 1. The fourth-order valence-corrected chi connectivity index (χ4v) is 2.06. The van der Waals surface area contributed by atoms with E-state index in [1.165, 1.54) is 19.2 Å². The van der Waals surface area contributed by atoms with Crippen LogP contribution in [0, 0.1) is 17.0 Å². The van der Waals surface area contributed by atoms with E-state index in [-0.39, 0.29) is 17.8 Å². The summed E-state index contributed by atoms with van der Waals surface area (Å²) in [7, 11) is 1.25. The first kappa shape index (κ1) is 16.3. The van der Waals surface area contributed by atoms with E-state index < -0.39 is 20.7 Å². The fourth-order valence-electron chi connectivity index (χ4n) is 1.58. The maximum atomic E-state index is 12.0. The van der Waals surface area contributed by atoms with Crippen molar-refractivity contribution < 1.29 is 19.2 Å². The summed E-state index contributed by atoms with van der Waals surface area (Å²) in [5, 5.41) is 13.4. The van der Waals surface area contributed by atoms with Crippen LogP contribution in [0.15, 0.2) is 18.2 Å². The maximum Gasteiger partial charge on any atom is 0.320 e. The Labute approximate surface area is 129 Å². The average molecular weight is 392 g/mol. The van der Waals surface area contributed by atoms with E-state index in [4.69, 9.17) is 0 Å². The van der Waals surface area contributed by atoms with E-state index in [0.29, 0.717) is 5.56 Å². The summed E-state index contributed by atoms with van der Waals surface area (Å²) in [6.07, 6.45) is 0. The predicted molar refractivity (Wildman–Crippen MR) is 80.0 cm³/mol. The van der Waals surface area contributed by atoms with Gasteiger partial charge in [-0.25, -0.2) is 0 Å². The molecule has 0 aromatic heterocycles. The molecule has 1 N–H and O–H groups in total. The zero-order valence-corrected chi connectivity index (χ0v) is 13.0. The quantitative estimate of drug-likeness (QED) is 0.270. The molecule has 1 rings (SSSR count). The monoisotopic (exact) mass is 392 g/mol. The molecule has 0 bridgehead atoms. The molecule has 1 amide bonds. The molecule has 1 atom stereocenters. The lowest BCUT2D eigenvalue weighted by Crippen LogP contribution is -2.34. The molecule has 0 spiro atoms. The third kappa shape index (κ3) is 3.89. The largest absolute Gasteiger partial charge is 0.468 e. The summed E-state index contributed by atoms with van der Waals surface area (Å²) in [6, 6.07) is 4.40. The number of benzene rings is 1. The number of hydrogen-bond acceptors (Lipinski definition) is 5. The number of methoxy groups -OCH3 is 1. The number of esters is 1. The van der Waals surface area contributed by atoms with Gasteiger partial charge in [0.2, 0.25) is 0 Å². The van der Waals surface area contributed by atoms with Crippen molar-refractivity contribution >= 4 is 40.2 Å². The molecule has 0 radical (unpaired) electrons. The van der Waals surface area contributed by atoms with Gasteiger partial charge in [-0.2, -0.15) is 0 Å². The van der Waals surface area contributed by atoms with Gasteiger partial charge in [0.15, 0.2) is 0 Å².